The molecule has 2 aromatic carbocycles. The smallest absolute Gasteiger partial charge is 0.329 e. The van der Waals surface area contributed by atoms with Crippen LogP contribution in [-0.2, 0) is 16.6 Å². The molecule has 1 aliphatic carbocycles. The van der Waals surface area contributed by atoms with Crippen LogP contribution in [0.1, 0.15) is 66.9 Å². The SMILES string of the molecule is COc1cc(N)c(C=N)cc1C(=O)Nc1cnc2cccnn12.Cn1c(=O)n(C2CCC(=O)NC2=O)c2cccc(N3CCN(CC4CCCCC4)CC3)c21. The molecule has 0 spiro atoms. The second-order valence-corrected chi connectivity index (χ2v) is 14.3. The van der Waals surface area contributed by atoms with E-state index in [1.807, 2.05) is 12.1 Å². The number of benzene rings is 2. The number of carbonyl (C=O) groups is 3. The summed E-state index contributed by atoms with van der Waals surface area (Å²) in [7, 11) is 3.22. The molecule has 2 aliphatic heterocycles. The van der Waals surface area contributed by atoms with Crippen LogP contribution in [0.5, 0.6) is 5.75 Å². The molecule has 2 saturated heterocycles. The maximum Gasteiger partial charge on any atom is 0.329 e. The normalized spacial score (nSPS) is 18.1. The topological polar surface area (TPSA) is 198 Å². The number of para-hydroxylation sites is 1. The van der Waals surface area contributed by atoms with Crippen molar-refractivity contribution in [2.45, 2.75) is 51.0 Å². The van der Waals surface area contributed by atoms with Crippen molar-refractivity contribution in [2.75, 3.05) is 55.8 Å². The van der Waals surface area contributed by atoms with Gasteiger partial charge in [-0.1, -0.05) is 25.3 Å². The average Bonchev–Trinajstić information content (AvgIpc) is 3.72. The molecule has 1 atom stereocenters. The summed E-state index contributed by atoms with van der Waals surface area (Å²) in [6.45, 7) is 5.15. The molecule has 0 bridgehead atoms. The zero-order chi connectivity index (χ0) is 38.6. The van der Waals surface area contributed by atoms with Gasteiger partial charge in [0.2, 0.25) is 11.8 Å². The predicted molar refractivity (Wildman–Crippen MR) is 210 cm³/mol. The number of nitrogens with one attached hydrogen (secondary N) is 3. The number of fused-ring (bicyclic) bond motifs is 2. The van der Waals surface area contributed by atoms with Crippen LogP contribution in [0.4, 0.5) is 17.2 Å². The van der Waals surface area contributed by atoms with Crippen LogP contribution < -0.4 is 31.7 Å². The van der Waals surface area contributed by atoms with Gasteiger partial charge in [-0.3, -0.25) is 33.7 Å². The van der Waals surface area contributed by atoms with Crippen LogP contribution in [0.2, 0.25) is 0 Å². The maximum absolute atomic E-state index is 13.2. The van der Waals surface area contributed by atoms with Gasteiger partial charge in [0.15, 0.2) is 11.5 Å². The fraction of sp³-hybridized carbons (Fsp3) is 0.410. The standard InChI is InChI=1S/C24H33N5O3.C15H14N6O2/c1-26-22-18(28-14-12-27(13-15-28)16-17-6-3-2-4-7-17)8-5-9-19(22)29(24(26)32)20-10-11-21(30)25-23(20)31;1-23-12-6-11(17)9(7-16)5-10(12)15(22)20-14-8-18-13-3-2-4-19-21(13)14/h5,8-9,17,20H,2-4,6-7,10-16H2,1H3,(H,25,30,31);2-8,16H,17H2,1H3,(H,20,22). The highest BCUT2D eigenvalue weighted by atomic mass is 16.5. The quantitative estimate of drug-likeness (QED) is 0.103. The van der Waals surface area contributed by atoms with Crippen molar-refractivity contribution in [3.8, 4) is 5.75 Å². The lowest BCUT2D eigenvalue weighted by molar-refractivity contribution is -0.135. The Morgan fingerprint density at radius 2 is 1.84 bits per heavy atom. The van der Waals surface area contributed by atoms with Crippen molar-refractivity contribution in [3.05, 3.63) is 76.5 Å². The summed E-state index contributed by atoms with van der Waals surface area (Å²) < 4.78 is 9.94. The monoisotopic (exact) mass is 749 g/mol. The number of carbonyl (C=O) groups excluding carboxylic acids is 3. The molecular formula is C39H47N11O5. The molecule has 288 valence electrons. The minimum Gasteiger partial charge on any atom is -0.496 e. The maximum atomic E-state index is 13.2. The highest BCUT2D eigenvalue weighted by Gasteiger charge is 2.32. The number of nitrogen functional groups attached to an aromatic ring is 1. The first-order valence-electron chi connectivity index (χ1n) is 18.8. The molecule has 16 nitrogen and oxygen atoms in total. The highest BCUT2D eigenvalue weighted by Crippen LogP contribution is 2.31. The van der Waals surface area contributed by atoms with Gasteiger partial charge in [-0.15, -0.1) is 0 Å². The first kappa shape index (κ1) is 37.3. The summed E-state index contributed by atoms with van der Waals surface area (Å²) in [6, 6.07) is 11.9. The number of ether oxygens (including phenoxy) is 1. The number of anilines is 3. The Kier molecular flexibility index (Phi) is 10.9. The lowest BCUT2D eigenvalue weighted by atomic mass is 9.89. The first-order chi connectivity index (χ1) is 26.7. The van der Waals surface area contributed by atoms with E-state index in [1.165, 1.54) is 68.6 Å². The van der Waals surface area contributed by atoms with Gasteiger partial charge in [0, 0.05) is 75.9 Å². The third-order valence-electron chi connectivity index (χ3n) is 10.9. The van der Waals surface area contributed by atoms with E-state index < -0.39 is 17.9 Å². The lowest BCUT2D eigenvalue weighted by Gasteiger charge is -2.38. The Balaban J connectivity index is 0.000000179. The number of amides is 3. The molecule has 3 aromatic heterocycles. The largest absolute Gasteiger partial charge is 0.496 e. The average molecular weight is 750 g/mol. The van der Waals surface area contributed by atoms with Gasteiger partial charge in [-0.25, -0.2) is 9.78 Å². The Bertz CT molecular complexity index is 2300. The number of methoxy groups -OCH3 is 1. The second-order valence-electron chi connectivity index (χ2n) is 14.3. The van der Waals surface area contributed by atoms with Gasteiger partial charge >= 0.3 is 5.69 Å². The molecule has 55 heavy (non-hydrogen) atoms. The van der Waals surface area contributed by atoms with E-state index in [0.717, 1.165) is 55.0 Å². The number of imide groups is 1. The molecule has 1 saturated carbocycles. The number of piperidine rings is 1. The van der Waals surface area contributed by atoms with E-state index in [2.05, 4.69) is 36.6 Å². The highest BCUT2D eigenvalue weighted by molar-refractivity contribution is 6.07. The van der Waals surface area contributed by atoms with Crippen molar-refractivity contribution in [3.63, 3.8) is 0 Å². The molecule has 16 heteroatoms. The molecular weight excluding hydrogens is 703 g/mol. The predicted octanol–water partition coefficient (Wildman–Crippen LogP) is 3.59. The van der Waals surface area contributed by atoms with E-state index in [1.54, 1.807) is 34.5 Å². The number of imidazole rings is 2. The molecule has 8 rings (SSSR count). The zero-order valence-corrected chi connectivity index (χ0v) is 31.2. The van der Waals surface area contributed by atoms with E-state index >= 15 is 0 Å². The molecule has 1 unspecified atom stereocenters. The number of rotatable bonds is 8. The summed E-state index contributed by atoms with van der Waals surface area (Å²) in [4.78, 5) is 58.9. The summed E-state index contributed by atoms with van der Waals surface area (Å²) in [5.41, 5.74) is 9.95. The Morgan fingerprint density at radius 1 is 1.05 bits per heavy atom. The van der Waals surface area contributed by atoms with Crippen LogP contribution in [-0.4, -0.2) is 92.4 Å². The number of aromatic nitrogens is 5. The van der Waals surface area contributed by atoms with Crippen molar-refractivity contribution >= 4 is 57.8 Å². The van der Waals surface area contributed by atoms with Crippen molar-refractivity contribution < 1.29 is 19.1 Å². The lowest BCUT2D eigenvalue weighted by Crippen LogP contribution is -2.48. The van der Waals surface area contributed by atoms with Crippen molar-refractivity contribution in [2.24, 2.45) is 13.0 Å². The third-order valence-corrected chi connectivity index (χ3v) is 10.9. The number of piperazine rings is 1. The first-order valence-corrected chi connectivity index (χ1v) is 18.8. The number of nitrogens with zero attached hydrogens (tertiary/aromatic N) is 7. The van der Waals surface area contributed by atoms with Crippen molar-refractivity contribution in [1.82, 2.24) is 33.9 Å². The molecule has 0 radical (unpaired) electrons. The van der Waals surface area contributed by atoms with Gasteiger partial charge in [-0.05, 0) is 55.5 Å². The fourth-order valence-electron chi connectivity index (χ4n) is 7.99. The van der Waals surface area contributed by atoms with Gasteiger partial charge in [0.1, 0.15) is 11.8 Å². The van der Waals surface area contributed by atoms with Gasteiger partial charge in [0.05, 0.1) is 35.6 Å². The van der Waals surface area contributed by atoms with Crippen LogP contribution in [0, 0.1) is 11.3 Å². The Morgan fingerprint density at radius 3 is 2.56 bits per heavy atom. The molecule has 5 aromatic rings. The molecule has 5 N–H and O–H groups in total. The second kappa shape index (κ2) is 16.1. The number of aryl methyl sites for hydroxylation is 1. The summed E-state index contributed by atoms with van der Waals surface area (Å²) in [5, 5.41) is 16.6. The molecule has 3 amide bonds. The third kappa shape index (κ3) is 7.67. The molecule has 3 fully saturated rings. The van der Waals surface area contributed by atoms with E-state index in [4.69, 9.17) is 15.9 Å². The van der Waals surface area contributed by atoms with E-state index in [0.29, 0.717) is 34.9 Å². The molecule has 3 aliphatic rings. The minimum absolute atomic E-state index is 0.210. The van der Waals surface area contributed by atoms with Crippen molar-refractivity contribution in [1.29, 1.82) is 5.41 Å². The number of hydrogen-bond acceptors (Lipinski definition) is 11. The summed E-state index contributed by atoms with van der Waals surface area (Å²) in [6.07, 6.45) is 11.7. The van der Waals surface area contributed by atoms with Gasteiger partial charge < -0.3 is 26.1 Å². The van der Waals surface area contributed by atoms with E-state index in [-0.39, 0.29) is 23.6 Å². The van der Waals surface area contributed by atoms with E-state index in [9.17, 15) is 19.2 Å². The summed E-state index contributed by atoms with van der Waals surface area (Å²) in [5.74, 6) is 0.539. The Hall–Kier alpha value is -6.03. The van der Waals surface area contributed by atoms with Crippen LogP contribution in [0.3, 0.4) is 0 Å². The van der Waals surface area contributed by atoms with Crippen LogP contribution in [0.15, 0.2) is 59.7 Å². The van der Waals surface area contributed by atoms with Crippen LogP contribution in [0.25, 0.3) is 16.7 Å². The number of nitrogens with two attached hydrogens (primary N) is 1. The molecule has 5 heterocycles. The zero-order valence-electron chi connectivity index (χ0n) is 31.2. The van der Waals surface area contributed by atoms with Crippen LogP contribution >= 0.6 is 0 Å². The van der Waals surface area contributed by atoms with Gasteiger partial charge in [0.25, 0.3) is 5.91 Å². The number of hydrogen-bond donors (Lipinski definition) is 4. The Labute approximate surface area is 317 Å². The summed E-state index contributed by atoms with van der Waals surface area (Å²) >= 11 is 0. The van der Waals surface area contributed by atoms with Gasteiger partial charge in [-0.2, -0.15) is 9.61 Å². The minimum atomic E-state index is -0.647. The fourth-order valence-corrected chi connectivity index (χ4v) is 7.99.